The Morgan fingerprint density at radius 2 is 2.12 bits per heavy atom. The number of piperidine rings is 1. The fourth-order valence-corrected chi connectivity index (χ4v) is 4.84. The number of likely N-dealkylation sites (tertiary alicyclic amines) is 1. The van der Waals surface area contributed by atoms with Gasteiger partial charge >= 0.3 is 0 Å². The molecule has 2 aromatic rings. The lowest BCUT2D eigenvalue weighted by Gasteiger charge is -2.33. The van der Waals surface area contributed by atoms with Gasteiger partial charge in [-0.25, -0.2) is 4.98 Å². The first-order valence-electron chi connectivity index (χ1n) is 10.6. The van der Waals surface area contributed by atoms with Gasteiger partial charge in [0.15, 0.2) is 5.96 Å². The molecule has 0 saturated carbocycles. The van der Waals surface area contributed by atoms with Crippen molar-refractivity contribution in [2.75, 3.05) is 19.6 Å². The van der Waals surface area contributed by atoms with Crippen molar-refractivity contribution < 1.29 is 4.79 Å². The van der Waals surface area contributed by atoms with Crippen molar-refractivity contribution in [3.8, 4) is 0 Å². The molecule has 1 fully saturated rings. The number of aryl methyl sites for hydroxylation is 1. The number of guanidine groups is 1. The molecule has 1 atom stereocenters. The minimum absolute atomic E-state index is 0. The third-order valence-corrected chi connectivity index (χ3v) is 6.90. The molecule has 0 aliphatic carbocycles. The number of carbonyl (C=O) groups excluding carboxylic acids is 1. The zero-order valence-electron chi connectivity index (χ0n) is 18.2. The van der Waals surface area contributed by atoms with Gasteiger partial charge in [0.25, 0.3) is 5.56 Å². The Hall–Kier alpha value is -2.30. The maximum atomic E-state index is 12.6. The number of nitrogens with two attached hydrogens (primary N) is 2. The second-order valence-corrected chi connectivity index (χ2v) is 9.20. The van der Waals surface area contributed by atoms with Crippen molar-refractivity contribution in [1.29, 1.82) is 5.41 Å². The largest absolute Gasteiger partial charge is 0.370 e. The number of hydrogen-bond donors (Lipinski definition) is 5. The molecule has 7 N–H and O–H groups in total. The Labute approximate surface area is 198 Å². The quantitative estimate of drug-likeness (QED) is 0.217. The molecule has 2 heterocycles. The minimum atomic E-state index is -0.520. The highest BCUT2D eigenvalue weighted by Crippen LogP contribution is 2.26. The van der Waals surface area contributed by atoms with Crippen molar-refractivity contribution in [2.45, 2.75) is 49.7 Å². The van der Waals surface area contributed by atoms with E-state index in [1.165, 1.54) is 0 Å². The molecular formula is C21H32ClN7O2S. The van der Waals surface area contributed by atoms with E-state index in [1.807, 2.05) is 24.0 Å². The van der Waals surface area contributed by atoms with Crippen LogP contribution in [-0.2, 0) is 10.5 Å². The molecule has 0 unspecified atom stereocenters. The van der Waals surface area contributed by atoms with Gasteiger partial charge in [-0.1, -0.05) is 12.1 Å². The van der Waals surface area contributed by atoms with Gasteiger partial charge in [0.2, 0.25) is 5.91 Å². The van der Waals surface area contributed by atoms with Crippen LogP contribution in [0.15, 0.2) is 23.0 Å². The molecule has 11 heteroatoms. The minimum Gasteiger partial charge on any atom is -0.370 e. The van der Waals surface area contributed by atoms with Crippen molar-refractivity contribution >= 4 is 46.9 Å². The normalized spacial score (nSPS) is 15.2. The third-order valence-electron chi connectivity index (χ3n) is 5.52. The smallest absolute Gasteiger partial charge is 0.258 e. The van der Waals surface area contributed by atoms with Gasteiger partial charge in [-0.05, 0) is 44.2 Å². The lowest BCUT2D eigenvalue weighted by molar-refractivity contribution is -0.133. The van der Waals surface area contributed by atoms with Crippen LogP contribution in [0.5, 0.6) is 0 Å². The van der Waals surface area contributed by atoms with Crippen LogP contribution in [0.4, 0.5) is 0 Å². The summed E-state index contributed by atoms with van der Waals surface area (Å²) in [5.74, 6) is 1.25. The first kappa shape index (κ1) is 26.0. The van der Waals surface area contributed by atoms with E-state index in [4.69, 9.17) is 16.9 Å². The van der Waals surface area contributed by atoms with Crippen molar-refractivity contribution in [3.05, 3.63) is 39.9 Å². The van der Waals surface area contributed by atoms with Gasteiger partial charge in [0, 0.05) is 24.9 Å². The van der Waals surface area contributed by atoms with E-state index < -0.39 is 6.04 Å². The van der Waals surface area contributed by atoms with E-state index in [-0.39, 0.29) is 29.8 Å². The third kappa shape index (κ3) is 6.85. The fraction of sp³-hybridized carbons (Fsp3) is 0.524. The van der Waals surface area contributed by atoms with Crippen LogP contribution in [0, 0.1) is 12.3 Å². The molecule has 32 heavy (non-hydrogen) atoms. The number of fused-ring (bicyclic) bond motifs is 1. The van der Waals surface area contributed by atoms with E-state index in [1.54, 1.807) is 17.8 Å². The molecular weight excluding hydrogens is 450 g/mol. The highest BCUT2D eigenvalue weighted by Gasteiger charge is 2.26. The zero-order chi connectivity index (χ0) is 22.4. The van der Waals surface area contributed by atoms with Crippen LogP contribution in [0.3, 0.4) is 0 Å². The monoisotopic (exact) mass is 481 g/mol. The molecule has 0 bridgehead atoms. The SMILES string of the molecule is Cc1cccc2c(=O)[nH]c(CSC3CCN(C(=O)[C@H](N)CCCNC(=N)N)CC3)nc12.Cl. The number of nitrogens with one attached hydrogen (secondary N) is 3. The lowest BCUT2D eigenvalue weighted by atomic mass is 10.1. The number of H-pyrrole nitrogens is 1. The number of amides is 1. The Morgan fingerprint density at radius 1 is 1.41 bits per heavy atom. The number of halogens is 1. The number of para-hydroxylation sites is 1. The summed E-state index contributed by atoms with van der Waals surface area (Å²) in [5.41, 5.74) is 13.0. The van der Waals surface area contributed by atoms with Gasteiger partial charge in [-0.2, -0.15) is 11.8 Å². The zero-order valence-corrected chi connectivity index (χ0v) is 19.9. The molecule has 1 aromatic heterocycles. The highest BCUT2D eigenvalue weighted by atomic mass is 35.5. The number of aromatic nitrogens is 2. The standard InChI is InChI=1S/C21H31N7O2S.ClH/c1-13-4-2-5-15-18(13)26-17(27-19(15)29)12-31-14-7-10-28(11-8-14)20(30)16(22)6-3-9-25-21(23)24;/h2,4-5,14,16H,3,6-12,22H2,1H3,(H4,23,24,25)(H,26,27,29);1H/t16-;/m1./s1. The summed E-state index contributed by atoms with van der Waals surface area (Å²) >= 11 is 1.77. The Balaban J connectivity index is 0.00000363. The summed E-state index contributed by atoms with van der Waals surface area (Å²) in [6.45, 7) is 3.88. The first-order chi connectivity index (χ1) is 14.8. The van der Waals surface area contributed by atoms with E-state index >= 15 is 0 Å². The molecule has 1 amide bonds. The summed E-state index contributed by atoms with van der Waals surface area (Å²) in [4.78, 5) is 34.3. The average molecular weight is 482 g/mol. The summed E-state index contributed by atoms with van der Waals surface area (Å²) in [7, 11) is 0. The molecule has 0 spiro atoms. The van der Waals surface area contributed by atoms with E-state index in [2.05, 4.69) is 15.3 Å². The van der Waals surface area contributed by atoms with Crippen LogP contribution in [0.1, 0.15) is 37.1 Å². The van der Waals surface area contributed by atoms with Gasteiger partial charge in [0.1, 0.15) is 5.82 Å². The first-order valence-corrected chi connectivity index (χ1v) is 11.6. The maximum absolute atomic E-state index is 12.6. The molecule has 9 nitrogen and oxygen atoms in total. The van der Waals surface area contributed by atoms with Crippen molar-refractivity contribution in [3.63, 3.8) is 0 Å². The number of rotatable bonds is 8. The average Bonchev–Trinajstić information content (AvgIpc) is 2.75. The van der Waals surface area contributed by atoms with E-state index in [0.717, 1.165) is 23.9 Å². The Kier molecular flexibility index (Phi) is 9.80. The van der Waals surface area contributed by atoms with E-state index in [0.29, 0.717) is 54.7 Å². The number of thioether (sulfide) groups is 1. The van der Waals surface area contributed by atoms with Crippen molar-refractivity contribution in [1.82, 2.24) is 20.2 Å². The van der Waals surface area contributed by atoms with Crippen LogP contribution < -0.4 is 22.3 Å². The molecule has 1 saturated heterocycles. The molecule has 3 rings (SSSR count). The van der Waals surface area contributed by atoms with Crippen LogP contribution in [-0.4, -0.2) is 57.7 Å². The molecule has 176 valence electrons. The van der Waals surface area contributed by atoms with Gasteiger partial charge in [-0.15, -0.1) is 12.4 Å². The Bertz CT molecular complexity index is 992. The number of aromatic amines is 1. The van der Waals surface area contributed by atoms with Crippen LogP contribution in [0.25, 0.3) is 10.9 Å². The number of nitrogens with zero attached hydrogens (tertiary/aromatic N) is 2. The summed E-state index contributed by atoms with van der Waals surface area (Å²) in [6.07, 6.45) is 3.04. The van der Waals surface area contributed by atoms with Gasteiger partial charge in [0.05, 0.1) is 22.7 Å². The summed E-state index contributed by atoms with van der Waals surface area (Å²) < 4.78 is 0. The van der Waals surface area contributed by atoms with Crippen molar-refractivity contribution in [2.24, 2.45) is 11.5 Å². The van der Waals surface area contributed by atoms with Crippen LogP contribution >= 0.6 is 24.2 Å². The van der Waals surface area contributed by atoms with Gasteiger partial charge < -0.3 is 26.7 Å². The predicted molar refractivity (Wildman–Crippen MR) is 132 cm³/mol. The number of benzene rings is 1. The second kappa shape index (κ2) is 12.1. The summed E-state index contributed by atoms with van der Waals surface area (Å²) in [5, 5.41) is 10.9. The summed E-state index contributed by atoms with van der Waals surface area (Å²) in [6, 6.07) is 5.10. The topological polar surface area (TPSA) is 154 Å². The second-order valence-electron chi connectivity index (χ2n) is 7.91. The molecule has 1 aliphatic heterocycles. The maximum Gasteiger partial charge on any atom is 0.258 e. The van der Waals surface area contributed by atoms with Gasteiger partial charge in [-0.3, -0.25) is 15.0 Å². The molecule has 1 aromatic carbocycles. The predicted octanol–water partition coefficient (Wildman–Crippen LogP) is 1.47. The highest BCUT2D eigenvalue weighted by molar-refractivity contribution is 7.99. The Morgan fingerprint density at radius 3 is 2.81 bits per heavy atom. The van der Waals surface area contributed by atoms with E-state index in [9.17, 15) is 9.59 Å². The molecule has 0 radical (unpaired) electrons. The molecule has 1 aliphatic rings. The fourth-order valence-electron chi connectivity index (χ4n) is 3.76. The van der Waals surface area contributed by atoms with Crippen LogP contribution in [0.2, 0.25) is 0 Å². The number of carbonyl (C=O) groups is 1. The lowest BCUT2D eigenvalue weighted by Crippen LogP contribution is -2.47. The number of hydrogen-bond acceptors (Lipinski definition) is 6.